The lowest BCUT2D eigenvalue weighted by molar-refractivity contribution is 0.102. The second-order valence-electron chi connectivity index (χ2n) is 5.78. The molecule has 4 rings (SSSR count). The molecular weight excluding hydrogens is 332 g/mol. The zero-order valence-corrected chi connectivity index (χ0v) is 14.7. The van der Waals surface area contributed by atoms with Gasteiger partial charge in [0.1, 0.15) is 0 Å². The van der Waals surface area contributed by atoms with Crippen LogP contribution in [0.1, 0.15) is 21.6 Å². The Morgan fingerprint density at radius 1 is 1.08 bits per heavy atom. The second-order valence-corrected chi connectivity index (χ2v) is 6.81. The van der Waals surface area contributed by atoms with Crippen LogP contribution >= 0.6 is 11.3 Å². The first-order valence-electron chi connectivity index (χ1n) is 7.91. The van der Waals surface area contributed by atoms with Crippen LogP contribution in [0.4, 0.5) is 5.13 Å². The van der Waals surface area contributed by atoms with Crippen molar-refractivity contribution in [1.82, 2.24) is 14.8 Å². The number of para-hydroxylation sites is 2. The van der Waals surface area contributed by atoms with Crippen LogP contribution in [0.25, 0.3) is 15.9 Å². The maximum atomic E-state index is 12.6. The predicted molar refractivity (Wildman–Crippen MR) is 101 cm³/mol. The summed E-state index contributed by atoms with van der Waals surface area (Å²) in [6.45, 7) is 3.92. The number of aromatic nitrogens is 3. The molecule has 1 N–H and O–H groups in total. The summed E-state index contributed by atoms with van der Waals surface area (Å²) in [6.07, 6.45) is 1.60. The van der Waals surface area contributed by atoms with E-state index in [9.17, 15) is 4.79 Å². The Hall–Kier alpha value is -2.99. The number of anilines is 1. The minimum atomic E-state index is -0.198. The van der Waals surface area contributed by atoms with E-state index in [4.69, 9.17) is 0 Å². The molecule has 0 unspecified atom stereocenters. The summed E-state index contributed by atoms with van der Waals surface area (Å²) in [6, 6.07) is 15.8. The summed E-state index contributed by atoms with van der Waals surface area (Å²) in [5, 5.41) is 7.87. The van der Waals surface area contributed by atoms with Crippen molar-refractivity contribution >= 4 is 32.6 Å². The number of thiazole rings is 1. The number of aryl methyl sites for hydroxylation is 1. The van der Waals surface area contributed by atoms with Crippen LogP contribution in [-0.2, 0) is 0 Å². The second kappa shape index (κ2) is 6.14. The van der Waals surface area contributed by atoms with Crippen molar-refractivity contribution in [2.75, 3.05) is 5.32 Å². The molecule has 4 aromatic rings. The molecule has 0 saturated carbocycles. The molecule has 5 nitrogen and oxygen atoms in total. The van der Waals surface area contributed by atoms with E-state index in [1.807, 2.05) is 62.4 Å². The highest BCUT2D eigenvalue weighted by atomic mass is 32.1. The van der Waals surface area contributed by atoms with E-state index in [0.717, 1.165) is 27.2 Å². The zero-order chi connectivity index (χ0) is 17.4. The van der Waals surface area contributed by atoms with Gasteiger partial charge in [-0.15, -0.1) is 0 Å². The van der Waals surface area contributed by atoms with E-state index in [1.165, 1.54) is 11.3 Å². The van der Waals surface area contributed by atoms with Crippen LogP contribution in [0, 0.1) is 13.8 Å². The van der Waals surface area contributed by atoms with Crippen LogP contribution in [-0.4, -0.2) is 20.7 Å². The molecule has 2 heterocycles. The van der Waals surface area contributed by atoms with Crippen LogP contribution < -0.4 is 5.32 Å². The lowest BCUT2D eigenvalue weighted by Gasteiger charge is -2.08. The molecule has 2 aromatic heterocycles. The summed E-state index contributed by atoms with van der Waals surface area (Å²) in [5.74, 6) is -0.198. The van der Waals surface area contributed by atoms with E-state index >= 15 is 0 Å². The monoisotopic (exact) mass is 348 g/mol. The van der Waals surface area contributed by atoms with Crippen molar-refractivity contribution in [3.05, 3.63) is 71.5 Å². The van der Waals surface area contributed by atoms with Crippen molar-refractivity contribution in [2.45, 2.75) is 13.8 Å². The molecule has 0 bridgehead atoms. The fourth-order valence-electron chi connectivity index (χ4n) is 2.77. The maximum absolute atomic E-state index is 12.6. The van der Waals surface area contributed by atoms with Crippen molar-refractivity contribution < 1.29 is 4.79 Å². The third kappa shape index (κ3) is 2.81. The molecule has 0 atom stereocenters. The predicted octanol–water partition coefficient (Wildman–Crippen LogP) is 4.35. The van der Waals surface area contributed by atoms with Gasteiger partial charge in [-0.2, -0.15) is 5.10 Å². The van der Waals surface area contributed by atoms with Gasteiger partial charge >= 0.3 is 0 Å². The molecule has 0 aliphatic rings. The SMILES string of the molecule is Cc1ccccc1-n1ncc(C(=O)Nc2nc3ccccc3s2)c1C. The van der Waals surface area contributed by atoms with Crippen molar-refractivity contribution in [3.63, 3.8) is 0 Å². The first-order valence-corrected chi connectivity index (χ1v) is 8.72. The molecule has 0 aliphatic carbocycles. The zero-order valence-electron chi connectivity index (χ0n) is 13.9. The molecule has 0 aliphatic heterocycles. The number of carbonyl (C=O) groups excluding carboxylic acids is 1. The van der Waals surface area contributed by atoms with E-state index in [2.05, 4.69) is 15.4 Å². The smallest absolute Gasteiger partial charge is 0.260 e. The Morgan fingerprint density at radius 3 is 2.64 bits per heavy atom. The highest BCUT2D eigenvalue weighted by Crippen LogP contribution is 2.26. The van der Waals surface area contributed by atoms with E-state index in [-0.39, 0.29) is 5.91 Å². The fraction of sp³-hybridized carbons (Fsp3) is 0.105. The molecule has 0 fully saturated rings. The van der Waals surface area contributed by atoms with Gasteiger partial charge in [0.05, 0.1) is 33.4 Å². The van der Waals surface area contributed by atoms with Gasteiger partial charge in [0.15, 0.2) is 5.13 Å². The summed E-state index contributed by atoms with van der Waals surface area (Å²) in [5.41, 5.74) is 4.30. The number of benzene rings is 2. The third-order valence-corrected chi connectivity index (χ3v) is 5.06. The molecule has 6 heteroatoms. The number of amides is 1. The Morgan fingerprint density at radius 2 is 1.84 bits per heavy atom. The average molecular weight is 348 g/mol. The summed E-state index contributed by atoms with van der Waals surface area (Å²) in [7, 11) is 0. The number of carbonyl (C=O) groups is 1. The lowest BCUT2D eigenvalue weighted by atomic mass is 10.2. The molecule has 1 amide bonds. The van der Waals surface area contributed by atoms with Gasteiger partial charge < -0.3 is 0 Å². The topological polar surface area (TPSA) is 59.8 Å². The van der Waals surface area contributed by atoms with Crippen LogP contribution in [0.2, 0.25) is 0 Å². The Labute approximate surface area is 149 Å². The Balaban J connectivity index is 1.64. The largest absolute Gasteiger partial charge is 0.298 e. The van der Waals surface area contributed by atoms with Crippen molar-refractivity contribution in [2.24, 2.45) is 0 Å². The van der Waals surface area contributed by atoms with Crippen molar-refractivity contribution in [3.8, 4) is 5.69 Å². The quantitative estimate of drug-likeness (QED) is 0.599. The molecule has 2 aromatic carbocycles. The number of hydrogen-bond donors (Lipinski definition) is 1. The first-order chi connectivity index (χ1) is 12.1. The van der Waals surface area contributed by atoms with Gasteiger partial charge in [0.2, 0.25) is 0 Å². The first kappa shape index (κ1) is 15.5. The average Bonchev–Trinajstić information content (AvgIpc) is 3.18. The van der Waals surface area contributed by atoms with E-state index < -0.39 is 0 Å². The van der Waals surface area contributed by atoms with Gasteiger partial charge in [-0.25, -0.2) is 9.67 Å². The molecule has 0 radical (unpaired) electrons. The Bertz CT molecular complexity index is 1050. The minimum Gasteiger partial charge on any atom is -0.298 e. The van der Waals surface area contributed by atoms with E-state index in [1.54, 1.807) is 10.9 Å². The summed E-state index contributed by atoms with van der Waals surface area (Å²) < 4.78 is 2.84. The molecule has 0 spiro atoms. The van der Waals surface area contributed by atoms with Crippen molar-refractivity contribution in [1.29, 1.82) is 0 Å². The Kier molecular flexibility index (Phi) is 3.82. The molecule has 0 saturated heterocycles. The van der Waals surface area contributed by atoms with Gasteiger partial charge in [-0.3, -0.25) is 10.1 Å². The van der Waals surface area contributed by atoms with Gasteiger partial charge in [0, 0.05) is 0 Å². The minimum absolute atomic E-state index is 0.198. The number of rotatable bonds is 3. The third-order valence-electron chi connectivity index (χ3n) is 4.11. The number of nitrogens with zero attached hydrogens (tertiary/aromatic N) is 3. The normalized spacial score (nSPS) is 11.0. The molecule has 124 valence electrons. The highest BCUT2D eigenvalue weighted by Gasteiger charge is 2.17. The van der Waals surface area contributed by atoms with Crippen LogP contribution in [0.3, 0.4) is 0 Å². The summed E-state index contributed by atoms with van der Waals surface area (Å²) >= 11 is 1.46. The highest BCUT2D eigenvalue weighted by molar-refractivity contribution is 7.22. The summed E-state index contributed by atoms with van der Waals surface area (Å²) in [4.78, 5) is 17.1. The number of nitrogens with one attached hydrogen (secondary N) is 1. The molecular formula is C19H16N4OS. The van der Waals surface area contributed by atoms with Gasteiger partial charge in [0.25, 0.3) is 5.91 Å². The lowest BCUT2D eigenvalue weighted by Crippen LogP contribution is -2.13. The standard InChI is InChI=1S/C19H16N4OS/c1-12-7-3-5-9-16(12)23-13(2)14(11-20-23)18(24)22-19-21-15-8-4-6-10-17(15)25-19/h3-11H,1-2H3,(H,21,22,24). The van der Waals surface area contributed by atoms with Crippen LogP contribution in [0.15, 0.2) is 54.7 Å². The number of fused-ring (bicyclic) bond motifs is 1. The van der Waals surface area contributed by atoms with Gasteiger partial charge in [-0.05, 0) is 37.6 Å². The maximum Gasteiger partial charge on any atom is 0.260 e. The fourth-order valence-corrected chi connectivity index (χ4v) is 3.63. The number of hydrogen-bond acceptors (Lipinski definition) is 4. The van der Waals surface area contributed by atoms with Gasteiger partial charge in [-0.1, -0.05) is 41.7 Å². The van der Waals surface area contributed by atoms with E-state index in [0.29, 0.717) is 10.7 Å². The molecule has 25 heavy (non-hydrogen) atoms. The van der Waals surface area contributed by atoms with Crippen LogP contribution in [0.5, 0.6) is 0 Å².